The Morgan fingerprint density at radius 2 is 2.27 bits per heavy atom. The van der Waals surface area contributed by atoms with Crippen molar-refractivity contribution in [3.05, 3.63) is 28.8 Å². The predicted octanol–water partition coefficient (Wildman–Crippen LogP) is 1.60. The van der Waals surface area contributed by atoms with Crippen molar-refractivity contribution in [1.29, 1.82) is 0 Å². The molecule has 1 aromatic rings. The van der Waals surface area contributed by atoms with Gasteiger partial charge >= 0.3 is 0 Å². The van der Waals surface area contributed by atoms with E-state index in [2.05, 4.69) is 0 Å². The predicted molar refractivity (Wildman–Crippen MR) is 61.4 cm³/mol. The first-order valence-corrected chi connectivity index (χ1v) is 5.34. The van der Waals surface area contributed by atoms with E-state index in [-0.39, 0.29) is 6.54 Å². The van der Waals surface area contributed by atoms with Crippen LogP contribution in [0.15, 0.2) is 18.2 Å². The highest BCUT2D eigenvalue weighted by Gasteiger charge is 2.06. The van der Waals surface area contributed by atoms with Crippen molar-refractivity contribution >= 4 is 11.6 Å². The number of aliphatic hydroxyl groups is 1. The minimum absolute atomic E-state index is 0.255. The van der Waals surface area contributed by atoms with Crippen molar-refractivity contribution in [2.75, 3.05) is 13.2 Å². The number of rotatable bonds is 5. The Bertz CT molecular complexity index is 317. The minimum Gasteiger partial charge on any atom is -0.492 e. The average Bonchev–Trinajstić information content (AvgIpc) is 2.22. The summed E-state index contributed by atoms with van der Waals surface area (Å²) in [5.41, 5.74) is 6.29. The van der Waals surface area contributed by atoms with Crippen LogP contribution in [-0.4, -0.2) is 24.4 Å². The smallest absolute Gasteiger partial charge is 0.137 e. The van der Waals surface area contributed by atoms with Crippen molar-refractivity contribution in [1.82, 2.24) is 0 Å². The van der Waals surface area contributed by atoms with Crippen LogP contribution in [0.2, 0.25) is 5.02 Å². The molecule has 0 fully saturated rings. The second-order valence-corrected chi connectivity index (χ2v) is 3.70. The lowest BCUT2D eigenvalue weighted by molar-refractivity contribution is 0.183. The van der Waals surface area contributed by atoms with Gasteiger partial charge in [0.15, 0.2) is 0 Å². The van der Waals surface area contributed by atoms with Gasteiger partial charge in [-0.25, -0.2) is 0 Å². The largest absolute Gasteiger partial charge is 0.492 e. The summed E-state index contributed by atoms with van der Waals surface area (Å²) in [6.45, 7) is 2.75. The summed E-state index contributed by atoms with van der Waals surface area (Å²) in [4.78, 5) is 0. The zero-order valence-electron chi connectivity index (χ0n) is 8.74. The molecule has 0 aliphatic carbocycles. The Hall–Kier alpha value is -0.770. The van der Waals surface area contributed by atoms with E-state index in [4.69, 9.17) is 22.1 Å². The molecule has 0 saturated heterocycles. The third-order valence-electron chi connectivity index (χ3n) is 2.04. The fourth-order valence-electron chi connectivity index (χ4n) is 1.30. The van der Waals surface area contributed by atoms with Crippen molar-refractivity contribution < 1.29 is 9.84 Å². The van der Waals surface area contributed by atoms with Crippen LogP contribution in [0, 0.1) is 0 Å². The van der Waals surface area contributed by atoms with Crippen LogP contribution in [0.4, 0.5) is 0 Å². The second kappa shape index (κ2) is 5.95. The zero-order chi connectivity index (χ0) is 11.3. The summed E-state index contributed by atoms with van der Waals surface area (Å²) in [7, 11) is 0. The number of aliphatic hydroxyl groups excluding tert-OH is 1. The molecule has 0 heterocycles. The maximum atomic E-state index is 9.38. The Kier molecular flexibility index (Phi) is 4.88. The fourth-order valence-corrected chi connectivity index (χ4v) is 1.56. The molecule has 84 valence electrons. The van der Waals surface area contributed by atoms with Crippen molar-refractivity contribution in [2.45, 2.75) is 19.4 Å². The Labute approximate surface area is 94.8 Å². The van der Waals surface area contributed by atoms with E-state index in [1.165, 1.54) is 0 Å². The van der Waals surface area contributed by atoms with Crippen LogP contribution in [0.5, 0.6) is 5.75 Å². The lowest BCUT2D eigenvalue weighted by atomic mass is 10.1. The fraction of sp³-hybridized carbons (Fsp3) is 0.455. The SMILES string of the molecule is CCOc1ccc(CC(O)CN)cc1Cl. The zero-order valence-corrected chi connectivity index (χ0v) is 9.50. The highest BCUT2D eigenvalue weighted by Crippen LogP contribution is 2.25. The number of ether oxygens (including phenoxy) is 1. The second-order valence-electron chi connectivity index (χ2n) is 3.29. The average molecular weight is 230 g/mol. The first-order chi connectivity index (χ1) is 7.17. The Morgan fingerprint density at radius 1 is 1.53 bits per heavy atom. The molecule has 3 nitrogen and oxygen atoms in total. The van der Waals surface area contributed by atoms with E-state index >= 15 is 0 Å². The maximum Gasteiger partial charge on any atom is 0.137 e. The van der Waals surface area contributed by atoms with Gasteiger partial charge in [0.05, 0.1) is 17.7 Å². The maximum absolute atomic E-state index is 9.38. The Morgan fingerprint density at radius 3 is 2.80 bits per heavy atom. The molecule has 0 aliphatic rings. The van der Waals surface area contributed by atoms with E-state index in [1.54, 1.807) is 6.07 Å². The molecule has 1 aromatic carbocycles. The van der Waals surface area contributed by atoms with Gasteiger partial charge in [0.1, 0.15) is 5.75 Å². The molecule has 0 bridgehead atoms. The highest BCUT2D eigenvalue weighted by atomic mass is 35.5. The van der Waals surface area contributed by atoms with Crippen LogP contribution >= 0.6 is 11.6 Å². The number of hydrogen-bond donors (Lipinski definition) is 2. The van der Waals surface area contributed by atoms with Crippen molar-refractivity contribution in [3.8, 4) is 5.75 Å². The van der Waals surface area contributed by atoms with Crippen LogP contribution in [0.3, 0.4) is 0 Å². The van der Waals surface area contributed by atoms with Gasteiger partial charge in [0, 0.05) is 6.54 Å². The molecule has 1 atom stereocenters. The molecule has 1 rings (SSSR count). The van der Waals surface area contributed by atoms with E-state index in [1.807, 2.05) is 19.1 Å². The van der Waals surface area contributed by atoms with Gasteiger partial charge in [-0.3, -0.25) is 0 Å². The highest BCUT2D eigenvalue weighted by molar-refractivity contribution is 6.32. The van der Waals surface area contributed by atoms with E-state index in [0.29, 0.717) is 23.8 Å². The minimum atomic E-state index is -0.515. The lowest BCUT2D eigenvalue weighted by Crippen LogP contribution is -2.21. The number of halogens is 1. The van der Waals surface area contributed by atoms with Crippen LogP contribution in [0.25, 0.3) is 0 Å². The molecular weight excluding hydrogens is 214 g/mol. The third kappa shape index (κ3) is 3.70. The summed E-state index contributed by atoms with van der Waals surface area (Å²) < 4.78 is 5.30. The lowest BCUT2D eigenvalue weighted by Gasteiger charge is -2.10. The van der Waals surface area contributed by atoms with Crippen LogP contribution < -0.4 is 10.5 Å². The summed E-state index contributed by atoms with van der Waals surface area (Å²) in [5.74, 6) is 0.671. The van der Waals surface area contributed by atoms with Crippen LogP contribution in [-0.2, 0) is 6.42 Å². The van der Waals surface area contributed by atoms with E-state index < -0.39 is 6.10 Å². The van der Waals surface area contributed by atoms with Crippen LogP contribution in [0.1, 0.15) is 12.5 Å². The monoisotopic (exact) mass is 229 g/mol. The Balaban J connectivity index is 2.73. The van der Waals surface area contributed by atoms with E-state index in [9.17, 15) is 5.11 Å². The summed E-state index contributed by atoms with van der Waals surface area (Å²) in [6.07, 6.45) is 0.00169. The molecule has 0 radical (unpaired) electrons. The molecule has 0 saturated carbocycles. The van der Waals surface area contributed by atoms with Gasteiger partial charge in [-0.2, -0.15) is 0 Å². The molecule has 15 heavy (non-hydrogen) atoms. The van der Waals surface area contributed by atoms with Gasteiger partial charge in [0.25, 0.3) is 0 Å². The van der Waals surface area contributed by atoms with Gasteiger partial charge < -0.3 is 15.6 Å². The van der Waals surface area contributed by atoms with Gasteiger partial charge in [-0.15, -0.1) is 0 Å². The molecule has 0 spiro atoms. The first-order valence-electron chi connectivity index (χ1n) is 4.96. The molecule has 4 heteroatoms. The summed E-state index contributed by atoms with van der Waals surface area (Å²) in [5, 5.41) is 9.94. The standard InChI is InChI=1S/C11H16ClNO2/c1-2-15-11-4-3-8(6-10(11)12)5-9(14)7-13/h3-4,6,9,14H,2,5,7,13H2,1H3. The summed E-state index contributed by atoms with van der Waals surface area (Å²) >= 11 is 6.00. The first kappa shape index (κ1) is 12.3. The quantitative estimate of drug-likeness (QED) is 0.807. The molecule has 0 aliphatic heterocycles. The molecule has 0 amide bonds. The molecule has 1 unspecified atom stereocenters. The number of hydrogen-bond acceptors (Lipinski definition) is 3. The molecule has 0 aromatic heterocycles. The normalized spacial score (nSPS) is 12.5. The van der Waals surface area contributed by atoms with Gasteiger partial charge in [-0.05, 0) is 31.0 Å². The molecule has 3 N–H and O–H groups in total. The third-order valence-corrected chi connectivity index (χ3v) is 2.33. The topological polar surface area (TPSA) is 55.5 Å². The number of nitrogens with two attached hydrogens (primary N) is 1. The van der Waals surface area contributed by atoms with Gasteiger partial charge in [-0.1, -0.05) is 17.7 Å². The summed E-state index contributed by atoms with van der Waals surface area (Å²) in [6, 6.07) is 5.49. The number of benzene rings is 1. The van der Waals surface area contributed by atoms with Crippen molar-refractivity contribution in [2.24, 2.45) is 5.73 Å². The van der Waals surface area contributed by atoms with E-state index in [0.717, 1.165) is 5.56 Å². The van der Waals surface area contributed by atoms with Crippen molar-refractivity contribution in [3.63, 3.8) is 0 Å². The van der Waals surface area contributed by atoms with Gasteiger partial charge in [0.2, 0.25) is 0 Å². The molecular formula is C11H16ClNO2.